The van der Waals surface area contributed by atoms with E-state index in [0.717, 1.165) is 56.2 Å². The molecule has 1 aromatic rings. The second-order valence-corrected chi connectivity index (χ2v) is 6.31. The third kappa shape index (κ3) is 5.69. The zero-order valence-corrected chi connectivity index (χ0v) is 13.8. The number of hydrogen-bond donors (Lipinski definition) is 0. The van der Waals surface area contributed by atoms with Crippen LogP contribution in [0.4, 0.5) is 13.2 Å². The number of carbonyl (C=O) groups excluding carboxylic acids is 1. The van der Waals surface area contributed by atoms with Crippen molar-refractivity contribution in [3.05, 3.63) is 47.5 Å². The van der Waals surface area contributed by atoms with Gasteiger partial charge in [-0.05, 0) is 69.1 Å². The summed E-state index contributed by atoms with van der Waals surface area (Å²) >= 11 is 0. The van der Waals surface area contributed by atoms with Crippen molar-refractivity contribution < 1.29 is 22.7 Å². The molecule has 0 atom stereocenters. The first-order valence-corrected chi connectivity index (χ1v) is 8.38. The van der Waals surface area contributed by atoms with Gasteiger partial charge in [0.15, 0.2) is 0 Å². The molecule has 0 radical (unpaired) electrons. The van der Waals surface area contributed by atoms with Crippen LogP contribution in [0.1, 0.15) is 50.2 Å². The van der Waals surface area contributed by atoms with Gasteiger partial charge in [-0.1, -0.05) is 18.2 Å². The Kier molecular flexibility index (Phi) is 6.46. The maximum atomic E-state index is 12.5. The van der Waals surface area contributed by atoms with Gasteiger partial charge in [-0.15, -0.1) is 0 Å². The van der Waals surface area contributed by atoms with Crippen LogP contribution in [0.15, 0.2) is 36.4 Å². The highest BCUT2D eigenvalue weighted by molar-refractivity contribution is 5.81. The third-order valence-electron chi connectivity index (χ3n) is 4.50. The molecule has 0 aromatic heterocycles. The molecule has 1 aliphatic carbocycles. The van der Waals surface area contributed by atoms with E-state index in [1.54, 1.807) is 25.1 Å². The lowest BCUT2D eigenvalue weighted by molar-refractivity contribution is -0.144. The van der Waals surface area contributed by atoms with Crippen LogP contribution in [0, 0.1) is 5.92 Å². The zero-order chi connectivity index (χ0) is 17.6. The molecule has 0 saturated heterocycles. The van der Waals surface area contributed by atoms with Crippen molar-refractivity contribution in [1.82, 2.24) is 0 Å². The number of hydrogen-bond acceptors (Lipinski definition) is 2. The van der Waals surface area contributed by atoms with Gasteiger partial charge in [0.1, 0.15) is 6.10 Å². The van der Waals surface area contributed by atoms with Crippen molar-refractivity contribution in [3.63, 3.8) is 0 Å². The topological polar surface area (TPSA) is 26.3 Å². The molecule has 0 bridgehead atoms. The molecule has 24 heavy (non-hydrogen) atoms. The van der Waals surface area contributed by atoms with Crippen molar-refractivity contribution in [2.45, 2.75) is 57.7 Å². The normalized spacial score (nSPS) is 21.8. The number of halogens is 3. The van der Waals surface area contributed by atoms with Gasteiger partial charge < -0.3 is 4.74 Å². The van der Waals surface area contributed by atoms with Gasteiger partial charge >= 0.3 is 12.1 Å². The van der Waals surface area contributed by atoms with Crippen LogP contribution in [-0.2, 0) is 22.1 Å². The van der Waals surface area contributed by atoms with E-state index in [0.29, 0.717) is 5.92 Å². The molecule has 0 spiro atoms. The average Bonchev–Trinajstić information content (AvgIpc) is 2.54. The lowest BCUT2D eigenvalue weighted by Crippen LogP contribution is -2.24. The van der Waals surface area contributed by atoms with Gasteiger partial charge in [-0.2, -0.15) is 13.2 Å². The zero-order valence-electron chi connectivity index (χ0n) is 13.8. The minimum absolute atomic E-state index is 0.00369. The third-order valence-corrected chi connectivity index (χ3v) is 4.50. The fourth-order valence-corrected chi connectivity index (χ4v) is 3.11. The van der Waals surface area contributed by atoms with Crippen LogP contribution in [0.2, 0.25) is 0 Å². The van der Waals surface area contributed by atoms with Gasteiger partial charge in [0.25, 0.3) is 0 Å². The van der Waals surface area contributed by atoms with Crippen molar-refractivity contribution in [1.29, 1.82) is 0 Å². The lowest BCUT2D eigenvalue weighted by Gasteiger charge is -2.28. The summed E-state index contributed by atoms with van der Waals surface area (Å²) in [7, 11) is 0. The highest BCUT2D eigenvalue weighted by atomic mass is 19.4. The number of allylic oxidation sites excluding steroid dienone is 1. The Balaban J connectivity index is 1.73. The first-order valence-electron chi connectivity index (χ1n) is 8.38. The molecule has 2 rings (SSSR count). The number of carbonyl (C=O) groups is 1. The molecule has 0 unspecified atom stereocenters. The molecule has 0 N–H and O–H groups in total. The van der Waals surface area contributed by atoms with Gasteiger partial charge in [-0.25, -0.2) is 4.79 Å². The van der Waals surface area contributed by atoms with Crippen LogP contribution >= 0.6 is 0 Å². The predicted molar refractivity (Wildman–Crippen MR) is 86.4 cm³/mol. The van der Waals surface area contributed by atoms with Gasteiger partial charge in [0.05, 0.1) is 5.56 Å². The number of esters is 1. The smallest absolute Gasteiger partial charge is 0.416 e. The molecule has 2 nitrogen and oxygen atoms in total. The summed E-state index contributed by atoms with van der Waals surface area (Å²) in [5.74, 6) is 0.259. The number of ether oxygens (including phenoxy) is 1. The summed E-state index contributed by atoms with van der Waals surface area (Å²) in [6.45, 7) is 1.78. The Morgan fingerprint density at radius 3 is 2.33 bits per heavy atom. The molecule has 0 amide bonds. The molecular formula is C19H23F3O2. The van der Waals surface area contributed by atoms with Gasteiger partial charge in [0, 0.05) is 6.08 Å². The van der Waals surface area contributed by atoms with E-state index < -0.39 is 11.7 Å². The number of alkyl halides is 3. The number of benzene rings is 1. The molecule has 5 heteroatoms. The van der Waals surface area contributed by atoms with E-state index >= 15 is 0 Å². The Labute approximate surface area is 140 Å². The molecule has 1 fully saturated rings. The van der Waals surface area contributed by atoms with Crippen molar-refractivity contribution in [2.75, 3.05) is 0 Å². The molecular weight excluding hydrogens is 317 g/mol. The second kappa shape index (κ2) is 8.36. The van der Waals surface area contributed by atoms with Crippen LogP contribution in [0.5, 0.6) is 0 Å². The minimum atomic E-state index is -4.28. The predicted octanol–water partition coefficient (Wildman–Crippen LogP) is 5.32. The first kappa shape index (κ1) is 18.6. The average molecular weight is 340 g/mol. The summed E-state index contributed by atoms with van der Waals surface area (Å²) in [4.78, 5) is 11.4. The quantitative estimate of drug-likeness (QED) is 0.536. The van der Waals surface area contributed by atoms with Crippen molar-refractivity contribution in [2.24, 2.45) is 5.92 Å². The minimum Gasteiger partial charge on any atom is -0.459 e. The monoisotopic (exact) mass is 340 g/mol. The van der Waals surface area contributed by atoms with E-state index in [-0.39, 0.29) is 12.1 Å². The molecule has 1 saturated carbocycles. The summed E-state index contributed by atoms with van der Waals surface area (Å²) in [6, 6.07) is 5.42. The summed E-state index contributed by atoms with van der Waals surface area (Å²) in [6.07, 6.45) is 4.27. The Bertz CT molecular complexity index is 553. The van der Waals surface area contributed by atoms with Gasteiger partial charge in [-0.3, -0.25) is 0 Å². The van der Waals surface area contributed by atoms with E-state index in [2.05, 4.69) is 0 Å². The lowest BCUT2D eigenvalue weighted by atomic mass is 9.83. The Morgan fingerprint density at radius 1 is 1.17 bits per heavy atom. The highest BCUT2D eigenvalue weighted by Gasteiger charge is 2.30. The van der Waals surface area contributed by atoms with Gasteiger partial charge in [0.2, 0.25) is 0 Å². The van der Waals surface area contributed by atoms with Crippen LogP contribution in [-0.4, -0.2) is 12.1 Å². The van der Waals surface area contributed by atoms with Crippen LogP contribution in [0.25, 0.3) is 0 Å². The number of aryl methyl sites for hydroxylation is 1. The van der Waals surface area contributed by atoms with Crippen molar-refractivity contribution >= 4 is 5.97 Å². The van der Waals surface area contributed by atoms with Crippen LogP contribution in [0.3, 0.4) is 0 Å². The maximum absolute atomic E-state index is 12.5. The molecule has 132 valence electrons. The summed E-state index contributed by atoms with van der Waals surface area (Å²) < 4.78 is 43.0. The summed E-state index contributed by atoms with van der Waals surface area (Å²) in [5, 5.41) is 0. The first-order chi connectivity index (χ1) is 11.4. The molecule has 1 aromatic carbocycles. The fourth-order valence-electron chi connectivity index (χ4n) is 3.11. The van der Waals surface area contributed by atoms with Crippen LogP contribution < -0.4 is 0 Å². The Morgan fingerprint density at radius 2 is 1.79 bits per heavy atom. The highest BCUT2D eigenvalue weighted by Crippen LogP contribution is 2.31. The summed E-state index contributed by atoms with van der Waals surface area (Å²) in [5.41, 5.74) is 0.333. The molecule has 0 aliphatic heterocycles. The molecule has 0 heterocycles. The Hall–Kier alpha value is -1.78. The van der Waals surface area contributed by atoms with Crippen molar-refractivity contribution in [3.8, 4) is 0 Å². The van der Waals surface area contributed by atoms with E-state index in [4.69, 9.17) is 4.74 Å². The largest absolute Gasteiger partial charge is 0.459 e. The van der Waals surface area contributed by atoms with E-state index in [1.807, 2.05) is 0 Å². The number of rotatable bonds is 5. The van der Waals surface area contributed by atoms with E-state index in [1.165, 1.54) is 6.08 Å². The standard InChI is InChI=1S/C19H23F3O2/c1-2-3-18(23)24-17-12-8-15(9-13-17)5-4-14-6-10-16(11-7-14)19(20,21)22/h2-3,6-7,10-11,15,17H,4-5,8-9,12-13H2,1H3/b3-2+. The maximum Gasteiger partial charge on any atom is 0.416 e. The second-order valence-electron chi connectivity index (χ2n) is 6.31. The fraction of sp³-hybridized carbons (Fsp3) is 0.526. The van der Waals surface area contributed by atoms with E-state index in [9.17, 15) is 18.0 Å². The molecule has 1 aliphatic rings. The SMILES string of the molecule is C/C=C/C(=O)OC1CCC(CCc2ccc(C(F)(F)F)cc2)CC1.